The standard InChI is InChI=1S/C40H46O7Si.C34H32O4/c1-4-45-48(46-5-2,47-6-3)23-11-12-29-24-31(19-22-39(29)44-28-34-27-43-34)40(30-17-20-32(21-18-30)41-25-33-26-42-33)37-15-9-7-13-35(37)36-14-8-10-16-38(36)40;1-2-7-23-18-25(14-17-33(23)38-22-28-21-37-28)34(24-12-15-26(16-13-24)35-19-27-20-36-27)31-10-5-3-8-29(31)30-9-4-6-11-32(30)34/h7-10,13-22,24,33-34H,4-6,11-12,23,25-28H2,1-3H3;3-6,8-18,27-28H,2,7,19-22H2,1H3. The molecule has 4 heterocycles. The summed E-state index contributed by atoms with van der Waals surface area (Å²) < 4.78 is 64.8. The lowest BCUT2D eigenvalue weighted by Crippen LogP contribution is -2.46. The van der Waals surface area contributed by atoms with Gasteiger partial charge in [-0.1, -0.05) is 159 Å². The number of hydrogen-bond acceptors (Lipinski definition) is 11. The van der Waals surface area contributed by atoms with E-state index in [4.69, 9.17) is 51.2 Å². The van der Waals surface area contributed by atoms with Gasteiger partial charge in [0.2, 0.25) is 0 Å². The summed E-state index contributed by atoms with van der Waals surface area (Å²) in [4.78, 5) is 0. The molecule has 0 bridgehead atoms. The molecule has 11 nitrogen and oxygen atoms in total. The van der Waals surface area contributed by atoms with Gasteiger partial charge in [0.25, 0.3) is 0 Å². The summed E-state index contributed by atoms with van der Waals surface area (Å²) >= 11 is 0. The van der Waals surface area contributed by atoms with Crippen LogP contribution in [-0.2, 0) is 55.9 Å². The first-order chi connectivity index (χ1) is 42.4. The Labute approximate surface area is 507 Å². The van der Waals surface area contributed by atoms with Crippen molar-refractivity contribution >= 4 is 8.80 Å². The molecule has 6 aliphatic rings. The van der Waals surface area contributed by atoms with Crippen molar-refractivity contribution in [2.24, 2.45) is 0 Å². The lowest BCUT2D eigenvalue weighted by molar-refractivity contribution is 0.0708. The lowest BCUT2D eigenvalue weighted by Gasteiger charge is -2.34. The van der Waals surface area contributed by atoms with Gasteiger partial charge in [-0.3, -0.25) is 0 Å². The Morgan fingerprint density at radius 2 is 0.709 bits per heavy atom. The Morgan fingerprint density at radius 1 is 0.384 bits per heavy atom. The van der Waals surface area contributed by atoms with Crippen LogP contribution >= 0.6 is 0 Å². The van der Waals surface area contributed by atoms with Gasteiger partial charge in [0.15, 0.2) is 0 Å². The van der Waals surface area contributed by atoms with Crippen molar-refractivity contribution in [3.05, 3.63) is 238 Å². The van der Waals surface area contributed by atoms with Crippen LogP contribution < -0.4 is 18.9 Å². The molecule has 0 N–H and O–H groups in total. The fourth-order valence-corrected chi connectivity index (χ4v) is 15.7. The number of rotatable bonds is 28. The van der Waals surface area contributed by atoms with E-state index in [1.165, 1.54) is 72.3 Å². The van der Waals surface area contributed by atoms with E-state index in [1.54, 1.807) is 0 Å². The molecule has 0 amide bonds. The van der Waals surface area contributed by atoms with Gasteiger partial charge in [-0.05, 0) is 154 Å². The largest absolute Gasteiger partial charge is 0.500 e. The minimum Gasteiger partial charge on any atom is -0.491 e. The molecule has 4 aliphatic heterocycles. The Morgan fingerprint density at radius 3 is 1.05 bits per heavy atom. The minimum atomic E-state index is -2.79. The van der Waals surface area contributed by atoms with Crippen molar-refractivity contribution in [3.63, 3.8) is 0 Å². The molecule has 4 atom stereocenters. The lowest BCUT2D eigenvalue weighted by atomic mass is 9.67. The number of hydrogen-bond donors (Lipinski definition) is 0. The molecule has 4 unspecified atom stereocenters. The van der Waals surface area contributed by atoms with E-state index in [0.717, 1.165) is 86.7 Å². The first-order valence-corrected chi connectivity index (χ1v) is 33.1. The molecule has 2 aliphatic carbocycles. The van der Waals surface area contributed by atoms with Gasteiger partial charge in [-0.15, -0.1) is 0 Å². The van der Waals surface area contributed by atoms with Crippen LogP contribution in [0.5, 0.6) is 23.0 Å². The number of epoxide rings is 4. The SMILES string of the molecule is CCCc1cc(C2(c3ccc(OCC4CO4)cc3)c3ccccc3-c3ccccc32)ccc1OCC1CO1.CCO[Si](CCCc1cc(C2(c3ccc(OCC4CO4)cc3)c3ccccc3-c3ccccc32)ccc1OCC1CO1)(OCC)OCC. The highest BCUT2D eigenvalue weighted by molar-refractivity contribution is 6.60. The number of benzene rings is 8. The van der Waals surface area contributed by atoms with E-state index in [-0.39, 0.29) is 24.4 Å². The van der Waals surface area contributed by atoms with Crippen molar-refractivity contribution in [2.45, 2.75) is 94.7 Å². The molecule has 12 heteroatoms. The molecule has 0 saturated carbocycles. The Balaban J connectivity index is 0.000000164. The summed E-state index contributed by atoms with van der Waals surface area (Å²) in [6.45, 7) is 15.4. The van der Waals surface area contributed by atoms with Gasteiger partial charge >= 0.3 is 8.80 Å². The van der Waals surface area contributed by atoms with Crippen molar-refractivity contribution in [3.8, 4) is 45.3 Å². The van der Waals surface area contributed by atoms with Crippen molar-refractivity contribution in [1.82, 2.24) is 0 Å². The molecule has 0 aromatic heterocycles. The Kier molecular flexibility index (Phi) is 17.3. The summed E-state index contributed by atoms with van der Waals surface area (Å²) in [6.07, 6.45) is 4.50. The predicted octanol–water partition coefficient (Wildman–Crippen LogP) is 14.1. The van der Waals surface area contributed by atoms with Crippen LogP contribution in [0, 0.1) is 0 Å². The second-order valence-electron chi connectivity index (χ2n) is 23.0. The van der Waals surface area contributed by atoms with Crippen LogP contribution in [0.2, 0.25) is 6.04 Å². The first kappa shape index (κ1) is 57.9. The molecule has 86 heavy (non-hydrogen) atoms. The zero-order valence-electron chi connectivity index (χ0n) is 49.9. The van der Waals surface area contributed by atoms with Gasteiger partial charge in [0.1, 0.15) is 73.8 Å². The minimum absolute atomic E-state index is 0.165. The maximum Gasteiger partial charge on any atom is 0.500 e. The van der Waals surface area contributed by atoms with Gasteiger partial charge in [-0.2, -0.15) is 0 Å². The smallest absolute Gasteiger partial charge is 0.491 e. The van der Waals surface area contributed by atoms with Crippen LogP contribution in [0.1, 0.15) is 96.2 Å². The summed E-state index contributed by atoms with van der Waals surface area (Å²) in [7, 11) is -2.79. The topological polar surface area (TPSA) is 115 Å². The fraction of sp³-hybridized carbons (Fsp3) is 0.351. The van der Waals surface area contributed by atoms with E-state index in [9.17, 15) is 0 Å². The molecule has 444 valence electrons. The first-order valence-electron chi connectivity index (χ1n) is 31.1. The highest BCUT2D eigenvalue weighted by Gasteiger charge is 2.48. The predicted molar refractivity (Wildman–Crippen MR) is 336 cm³/mol. The Hall–Kier alpha value is -7.10. The quantitative estimate of drug-likeness (QED) is 0.0345. The zero-order valence-corrected chi connectivity index (χ0v) is 50.9. The highest BCUT2D eigenvalue weighted by Crippen LogP contribution is 2.58. The van der Waals surface area contributed by atoms with Crippen LogP contribution in [-0.4, -0.2) is 106 Å². The zero-order chi connectivity index (χ0) is 58.5. The average molecular weight is 1170 g/mol. The second kappa shape index (κ2) is 25.7. The summed E-state index contributed by atoms with van der Waals surface area (Å²) in [6, 6.07) is 66.9. The molecular weight excluding hydrogens is 1090 g/mol. The summed E-state index contributed by atoms with van der Waals surface area (Å²) in [5.41, 5.74) is 16.6. The van der Waals surface area contributed by atoms with Crippen molar-refractivity contribution in [1.29, 1.82) is 0 Å². The molecule has 14 rings (SSSR count). The van der Waals surface area contributed by atoms with Gasteiger partial charge in [0, 0.05) is 25.9 Å². The normalized spacial score (nSPS) is 19.2. The molecule has 8 aromatic carbocycles. The average Bonchev–Trinajstić information content (AvgIpc) is 2.37. The maximum absolute atomic E-state index is 6.41. The van der Waals surface area contributed by atoms with Gasteiger partial charge in [0.05, 0.1) is 37.3 Å². The monoisotopic (exact) mass is 1170 g/mol. The third-order valence-corrected chi connectivity index (χ3v) is 20.5. The van der Waals surface area contributed by atoms with Crippen LogP contribution in [0.4, 0.5) is 0 Å². The van der Waals surface area contributed by atoms with E-state index < -0.39 is 19.6 Å². The van der Waals surface area contributed by atoms with Gasteiger partial charge in [-0.25, -0.2) is 0 Å². The fourth-order valence-electron chi connectivity index (χ4n) is 13.1. The summed E-state index contributed by atoms with van der Waals surface area (Å²) in [5.74, 6) is 3.58. The van der Waals surface area contributed by atoms with Crippen LogP contribution in [0.25, 0.3) is 22.3 Å². The third kappa shape index (κ3) is 11.9. The van der Waals surface area contributed by atoms with E-state index >= 15 is 0 Å². The highest BCUT2D eigenvalue weighted by atomic mass is 28.4. The van der Waals surface area contributed by atoms with Gasteiger partial charge < -0.3 is 51.2 Å². The molecule has 8 aromatic rings. The van der Waals surface area contributed by atoms with E-state index in [0.29, 0.717) is 46.2 Å². The molecular formula is C74H78O11Si. The molecule has 0 radical (unpaired) electrons. The number of aryl methyl sites for hydroxylation is 2. The van der Waals surface area contributed by atoms with Crippen LogP contribution in [0.3, 0.4) is 0 Å². The summed E-state index contributed by atoms with van der Waals surface area (Å²) in [5, 5.41) is 0. The third-order valence-electron chi connectivity index (χ3n) is 17.3. The molecule has 4 saturated heterocycles. The number of fused-ring (bicyclic) bond motifs is 6. The van der Waals surface area contributed by atoms with E-state index in [2.05, 4.69) is 189 Å². The van der Waals surface area contributed by atoms with Crippen molar-refractivity contribution in [2.75, 3.05) is 72.7 Å². The number of ether oxygens (including phenoxy) is 8. The van der Waals surface area contributed by atoms with Crippen LogP contribution in [0.15, 0.2) is 182 Å². The molecule has 4 fully saturated rings. The maximum atomic E-state index is 6.41. The Bertz CT molecular complexity index is 3500. The second-order valence-corrected chi connectivity index (χ2v) is 25.8. The van der Waals surface area contributed by atoms with Crippen molar-refractivity contribution < 1.29 is 51.2 Å². The molecule has 0 spiro atoms. The van der Waals surface area contributed by atoms with E-state index in [1.807, 2.05) is 20.8 Å².